The third kappa shape index (κ3) is 20.5. The summed E-state index contributed by atoms with van der Waals surface area (Å²) in [5, 5.41) is 0. The molecular formula is C13H32NO4P. The summed E-state index contributed by atoms with van der Waals surface area (Å²) < 4.78 is 8.88. The monoisotopic (exact) mass is 297 g/mol. The smallest absolute Gasteiger partial charge is 0.325 e. The SMILES string of the molecule is CCCCC(N)(CCCC)CCCC.O=P(O)(O)O. The lowest BCUT2D eigenvalue weighted by atomic mass is 9.84. The minimum Gasteiger partial charge on any atom is -0.325 e. The zero-order chi connectivity index (χ0) is 15.4. The summed E-state index contributed by atoms with van der Waals surface area (Å²) in [5.74, 6) is 0. The van der Waals surface area contributed by atoms with Crippen molar-refractivity contribution in [2.75, 3.05) is 0 Å². The Kier molecular flexibility index (Phi) is 13.3. The molecule has 0 unspecified atom stereocenters. The Bertz CT molecular complexity index is 213. The Morgan fingerprint density at radius 1 is 0.842 bits per heavy atom. The van der Waals surface area contributed by atoms with Gasteiger partial charge in [0.25, 0.3) is 0 Å². The van der Waals surface area contributed by atoms with E-state index in [1.54, 1.807) is 0 Å². The van der Waals surface area contributed by atoms with E-state index in [1.165, 1.54) is 57.8 Å². The van der Waals surface area contributed by atoms with E-state index in [-0.39, 0.29) is 5.54 Å². The molecule has 0 aliphatic heterocycles. The van der Waals surface area contributed by atoms with Crippen LogP contribution in [0, 0.1) is 0 Å². The molecule has 0 aliphatic carbocycles. The van der Waals surface area contributed by atoms with E-state index in [0.717, 1.165) is 0 Å². The molecular weight excluding hydrogens is 265 g/mol. The molecule has 5 nitrogen and oxygen atoms in total. The third-order valence-electron chi connectivity index (χ3n) is 3.08. The van der Waals surface area contributed by atoms with Gasteiger partial charge in [-0.2, -0.15) is 0 Å². The van der Waals surface area contributed by atoms with Crippen LogP contribution < -0.4 is 5.73 Å². The molecule has 0 rings (SSSR count). The molecule has 0 bridgehead atoms. The summed E-state index contributed by atoms with van der Waals surface area (Å²) >= 11 is 0. The van der Waals surface area contributed by atoms with Crippen molar-refractivity contribution in [1.29, 1.82) is 0 Å². The highest BCUT2D eigenvalue weighted by Gasteiger charge is 2.22. The normalized spacial score (nSPS) is 11.9. The van der Waals surface area contributed by atoms with Crippen LogP contribution in [-0.4, -0.2) is 20.2 Å². The van der Waals surface area contributed by atoms with Crippen molar-refractivity contribution in [3.63, 3.8) is 0 Å². The van der Waals surface area contributed by atoms with Gasteiger partial charge in [-0.05, 0) is 19.3 Å². The topological polar surface area (TPSA) is 104 Å². The van der Waals surface area contributed by atoms with Crippen molar-refractivity contribution in [1.82, 2.24) is 0 Å². The van der Waals surface area contributed by atoms with Crippen LogP contribution >= 0.6 is 7.82 Å². The predicted molar refractivity (Wildman–Crippen MR) is 79.8 cm³/mol. The Hall–Kier alpha value is 0.0700. The van der Waals surface area contributed by atoms with Gasteiger partial charge in [0, 0.05) is 5.54 Å². The third-order valence-corrected chi connectivity index (χ3v) is 3.08. The van der Waals surface area contributed by atoms with Crippen LogP contribution in [0.1, 0.15) is 78.6 Å². The molecule has 0 aliphatic rings. The van der Waals surface area contributed by atoms with E-state index in [4.69, 9.17) is 25.0 Å². The van der Waals surface area contributed by atoms with Crippen molar-refractivity contribution in [2.45, 2.75) is 84.1 Å². The molecule has 0 radical (unpaired) electrons. The van der Waals surface area contributed by atoms with Crippen LogP contribution in [0.25, 0.3) is 0 Å². The Morgan fingerprint density at radius 3 is 1.21 bits per heavy atom. The lowest BCUT2D eigenvalue weighted by Crippen LogP contribution is -2.39. The predicted octanol–water partition coefficient (Wildman–Crippen LogP) is 3.33. The number of phosphoric acid groups is 1. The summed E-state index contributed by atoms with van der Waals surface area (Å²) in [7, 11) is -4.64. The van der Waals surface area contributed by atoms with E-state index >= 15 is 0 Å². The Labute approximate surface area is 117 Å². The van der Waals surface area contributed by atoms with Crippen LogP contribution in [0.2, 0.25) is 0 Å². The van der Waals surface area contributed by atoms with Gasteiger partial charge in [0.2, 0.25) is 0 Å². The molecule has 118 valence electrons. The molecule has 19 heavy (non-hydrogen) atoms. The first-order chi connectivity index (χ1) is 8.68. The van der Waals surface area contributed by atoms with Crippen molar-refractivity contribution >= 4 is 7.82 Å². The van der Waals surface area contributed by atoms with Crippen molar-refractivity contribution in [3.05, 3.63) is 0 Å². The molecule has 0 fully saturated rings. The molecule has 0 amide bonds. The van der Waals surface area contributed by atoms with Crippen LogP contribution in [0.3, 0.4) is 0 Å². The highest BCUT2D eigenvalue weighted by molar-refractivity contribution is 7.45. The first-order valence-electron chi connectivity index (χ1n) is 7.25. The summed E-state index contributed by atoms with van der Waals surface area (Å²) in [4.78, 5) is 21.6. The van der Waals surface area contributed by atoms with E-state index in [0.29, 0.717) is 0 Å². The molecule has 0 aromatic rings. The molecule has 0 aromatic heterocycles. The summed E-state index contributed by atoms with van der Waals surface area (Å²) in [5.41, 5.74) is 6.61. The second-order valence-electron chi connectivity index (χ2n) is 5.19. The number of unbranched alkanes of at least 4 members (excludes halogenated alkanes) is 3. The number of hydrogen-bond donors (Lipinski definition) is 4. The zero-order valence-corrected chi connectivity index (χ0v) is 13.5. The van der Waals surface area contributed by atoms with Crippen LogP contribution in [0.4, 0.5) is 0 Å². The van der Waals surface area contributed by atoms with Crippen molar-refractivity contribution in [2.24, 2.45) is 5.73 Å². The van der Waals surface area contributed by atoms with Gasteiger partial charge in [-0.1, -0.05) is 59.3 Å². The van der Waals surface area contributed by atoms with Crippen LogP contribution in [-0.2, 0) is 4.57 Å². The Morgan fingerprint density at radius 2 is 1.05 bits per heavy atom. The van der Waals surface area contributed by atoms with Gasteiger partial charge in [-0.25, -0.2) is 4.57 Å². The van der Waals surface area contributed by atoms with Gasteiger partial charge in [-0.3, -0.25) is 0 Å². The van der Waals surface area contributed by atoms with Gasteiger partial charge < -0.3 is 20.4 Å². The molecule has 0 heterocycles. The van der Waals surface area contributed by atoms with Crippen LogP contribution in [0.5, 0.6) is 0 Å². The molecule has 6 heteroatoms. The minimum absolute atomic E-state index is 0.155. The highest BCUT2D eigenvalue weighted by Crippen LogP contribution is 2.26. The number of hydrogen-bond acceptors (Lipinski definition) is 2. The van der Waals surface area contributed by atoms with E-state index < -0.39 is 7.82 Å². The van der Waals surface area contributed by atoms with E-state index in [9.17, 15) is 0 Å². The summed E-state index contributed by atoms with van der Waals surface area (Å²) in [6, 6.07) is 0. The second kappa shape index (κ2) is 11.9. The first kappa shape index (κ1) is 21.4. The average molecular weight is 297 g/mol. The lowest BCUT2D eigenvalue weighted by molar-refractivity contribution is 0.275. The van der Waals surface area contributed by atoms with Gasteiger partial charge in [0.05, 0.1) is 0 Å². The average Bonchev–Trinajstić information content (AvgIpc) is 2.30. The maximum Gasteiger partial charge on any atom is 0.466 e. The van der Waals surface area contributed by atoms with Crippen molar-refractivity contribution < 1.29 is 19.2 Å². The maximum absolute atomic E-state index is 8.88. The molecule has 0 spiro atoms. The van der Waals surface area contributed by atoms with E-state index in [1.807, 2.05) is 0 Å². The highest BCUT2D eigenvalue weighted by atomic mass is 31.2. The number of nitrogens with two attached hydrogens (primary N) is 1. The largest absolute Gasteiger partial charge is 0.466 e. The minimum atomic E-state index is -4.64. The second-order valence-corrected chi connectivity index (χ2v) is 6.21. The van der Waals surface area contributed by atoms with Gasteiger partial charge in [0.1, 0.15) is 0 Å². The molecule has 0 saturated carbocycles. The molecule has 0 saturated heterocycles. The standard InChI is InChI=1S/C13H29N.H3O4P/c1-4-7-10-13(14,11-8-5-2)12-9-6-3;1-5(2,3)4/h4-12,14H2,1-3H3;(H3,1,2,3,4). The quantitative estimate of drug-likeness (QED) is 0.489. The van der Waals surface area contributed by atoms with Gasteiger partial charge in [0.15, 0.2) is 0 Å². The van der Waals surface area contributed by atoms with Crippen LogP contribution in [0.15, 0.2) is 0 Å². The fourth-order valence-electron chi connectivity index (χ4n) is 1.96. The molecule has 5 N–H and O–H groups in total. The fourth-order valence-corrected chi connectivity index (χ4v) is 1.96. The maximum atomic E-state index is 8.88. The van der Waals surface area contributed by atoms with Crippen molar-refractivity contribution in [3.8, 4) is 0 Å². The first-order valence-corrected chi connectivity index (χ1v) is 8.82. The number of rotatable bonds is 9. The summed E-state index contributed by atoms with van der Waals surface area (Å²) in [6.45, 7) is 6.75. The Balaban J connectivity index is 0. The van der Waals surface area contributed by atoms with E-state index in [2.05, 4.69) is 20.8 Å². The molecule has 0 atom stereocenters. The lowest BCUT2D eigenvalue weighted by Gasteiger charge is -2.29. The van der Waals surface area contributed by atoms with Gasteiger partial charge in [-0.15, -0.1) is 0 Å². The zero-order valence-electron chi connectivity index (χ0n) is 12.6. The summed E-state index contributed by atoms with van der Waals surface area (Å²) in [6.07, 6.45) is 11.4. The van der Waals surface area contributed by atoms with Gasteiger partial charge >= 0.3 is 7.82 Å². The molecule has 0 aromatic carbocycles. The fraction of sp³-hybridized carbons (Fsp3) is 1.00.